The van der Waals surface area contributed by atoms with Gasteiger partial charge in [0.25, 0.3) is 0 Å². The zero-order chi connectivity index (χ0) is 10.4. The molecule has 1 unspecified atom stereocenters. The lowest BCUT2D eigenvalue weighted by atomic mass is 10.0. The van der Waals surface area contributed by atoms with E-state index in [0.717, 1.165) is 19.4 Å². The fourth-order valence-electron chi connectivity index (χ4n) is 1.88. The van der Waals surface area contributed by atoms with E-state index in [1.54, 1.807) is 0 Å². The van der Waals surface area contributed by atoms with Gasteiger partial charge in [0, 0.05) is 17.6 Å². The highest BCUT2D eigenvalue weighted by Crippen LogP contribution is 2.32. The van der Waals surface area contributed by atoms with E-state index >= 15 is 0 Å². The Morgan fingerprint density at radius 3 is 2.43 bits per heavy atom. The molecule has 14 heavy (non-hydrogen) atoms. The Labute approximate surface area is 85.2 Å². The molecule has 82 valence electrons. The highest BCUT2D eigenvalue weighted by molar-refractivity contribution is 7.91. The van der Waals surface area contributed by atoms with Crippen molar-refractivity contribution >= 4 is 9.84 Å². The average Bonchev–Trinajstić information content (AvgIpc) is 2.71. The third kappa shape index (κ3) is 2.27. The molecule has 2 rings (SSSR count). The Kier molecular flexibility index (Phi) is 2.18. The van der Waals surface area contributed by atoms with Gasteiger partial charge in [0.2, 0.25) is 0 Å². The summed E-state index contributed by atoms with van der Waals surface area (Å²) >= 11 is 0. The summed E-state index contributed by atoms with van der Waals surface area (Å²) in [4.78, 5) is 0. The van der Waals surface area contributed by atoms with Crippen molar-refractivity contribution in [2.75, 3.05) is 18.1 Å². The van der Waals surface area contributed by atoms with Crippen molar-refractivity contribution in [3.05, 3.63) is 0 Å². The van der Waals surface area contributed by atoms with Gasteiger partial charge in [0.1, 0.15) is 0 Å². The van der Waals surface area contributed by atoms with Crippen LogP contribution in [0.1, 0.15) is 26.2 Å². The minimum atomic E-state index is -2.80. The van der Waals surface area contributed by atoms with Gasteiger partial charge in [-0.25, -0.2) is 8.42 Å². The van der Waals surface area contributed by atoms with Crippen LogP contribution in [-0.4, -0.2) is 37.5 Å². The first-order valence-corrected chi connectivity index (χ1v) is 6.89. The van der Waals surface area contributed by atoms with Gasteiger partial charge in [-0.1, -0.05) is 0 Å². The third-order valence-electron chi connectivity index (χ3n) is 3.26. The molecule has 0 amide bonds. The van der Waals surface area contributed by atoms with Crippen LogP contribution < -0.4 is 11.1 Å². The summed E-state index contributed by atoms with van der Waals surface area (Å²) in [7, 11) is -2.80. The Bertz CT molecular complexity index is 335. The smallest absolute Gasteiger partial charge is 0.152 e. The number of nitrogens with one attached hydrogen (secondary N) is 1. The normalized spacial score (nSPS) is 38.4. The Balaban J connectivity index is 1.91. The second kappa shape index (κ2) is 2.93. The van der Waals surface area contributed by atoms with Crippen LogP contribution in [0, 0.1) is 0 Å². The molecule has 0 aromatic rings. The van der Waals surface area contributed by atoms with Crippen LogP contribution in [0.2, 0.25) is 0 Å². The first kappa shape index (κ1) is 10.4. The fourth-order valence-corrected chi connectivity index (χ4v) is 4.00. The number of nitrogens with two attached hydrogens (primary N) is 1. The minimum absolute atomic E-state index is 0.0463. The van der Waals surface area contributed by atoms with Crippen LogP contribution in [0.15, 0.2) is 0 Å². The molecule has 4 nitrogen and oxygen atoms in total. The zero-order valence-corrected chi connectivity index (χ0v) is 9.36. The van der Waals surface area contributed by atoms with Crippen molar-refractivity contribution in [2.45, 2.75) is 37.3 Å². The quantitative estimate of drug-likeness (QED) is 0.679. The molecule has 0 bridgehead atoms. The van der Waals surface area contributed by atoms with Crippen molar-refractivity contribution in [1.29, 1.82) is 0 Å². The lowest BCUT2D eigenvalue weighted by Gasteiger charge is -2.26. The minimum Gasteiger partial charge on any atom is -0.324 e. The Morgan fingerprint density at radius 2 is 2.00 bits per heavy atom. The van der Waals surface area contributed by atoms with E-state index in [4.69, 9.17) is 5.73 Å². The maximum atomic E-state index is 11.3. The van der Waals surface area contributed by atoms with Gasteiger partial charge >= 0.3 is 0 Å². The largest absolute Gasteiger partial charge is 0.324 e. The van der Waals surface area contributed by atoms with Gasteiger partial charge in [0.05, 0.1) is 11.5 Å². The molecular weight excluding hydrogens is 200 g/mol. The molecular formula is C9H18N2O2S. The van der Waals surface area contributed by atoms with Gasteiger partial charge in [-0.05, 0) is 26.2 Å². The molecule has 1 atom stereocenters. The predicted octanol–water partition coefficient (Wildman–Crippen LogP) is -0.355. The van der Waals surface area contributed by atoms with E-state index < -0.39 is 9.84 Å². The Hall–Kier alpha value is -0.130. The van der Waals surface area contributed by atoms with E-state index in [-0.39, 0.29) is 16.8 Å². The van der Waals surface area contributed by atoms with Crippen LogP contribution in [-0.2, 0) is 9.84 Å². The summed E-state index contributed by atoms with van der Waals surface area (Å²) in [5.74, 6) is 0.574. The van der Waals surface area contributed by atoms with E-state index in [1.807, 2.05) is 6.92 Å². The van der Waals surface area contributed by atoms with E-state index in [9.17, 15) is 8.42 Å². The van der Waals surface area contributed by atoms with E-state index in [0.29, 0.717) is 12.2 Å². The van der Waals surface area contributed by atoms with Crippen LogP contribution in [0.3, 0.4) is 0 Å². The first-order chi connectivity index (χ1) is 6.33. The number of sulfone groups is 1. The Morgan fingerprint density at radius 1 is 1.36 bits per heavy atom. The summed E-state index contributed by atoms with van der Waals surface area (Å²) in [6, 6.07) is 0. The van der Waals surface area contributed by atoms with Gasteiger partial charge in [-0.15, -0.1) is 0 Å². The van der Waals surface area contributed by atoms with E-state index in [1.165, 1.54) is 0 Å². The first-order valence-electron chi connectivity index (χ1n) is 5.07. The second-order valence-corrected chi connectivity index (χ2v) is 7.30. The molecule has 2 fully saturated rings. The van der Waals surface area contributed by atoms with Crippen molar-refractivity contribution < 1.29 is 8.42 Å². The predicted molar refractivity (Wildman–Crippen MR) is 55.8 cm³/mol. The van der Waals surface area contributed by atoms with Crippen LogP contribution in [0.5, 0.6) is 0 Å². The molecule has 0 aromatic carbocycles. The van der Waals surface area contributed by atoms with Crippen molar-refractivity contribution in [3.63, 3.8) is 0 Å². The summed E-state index contributed by atoms with van der Waals surface area (Å²) in [6.07, 6.45) is 2.83. The molecule has 0 radical (unpaired) electrons. The topological polar surface area (TPSA) is 72.2 Å². The number of hydrogen-bond acceptors (Lipinski definition) is 4. The third-order valence-corrected chi connectivity index (χ3v) is 5.17. The maximum absolute atomic E-state index is 11.3. The molecule has 1 aliphatic carbocycles. The molecule has 1 heterocycles. The second-order valence-electron chi connectivity index (χ2n) is 5.12. The van der Waals surface area contributed by atoms with Crippen LogP contribution in [0.25, 0.3) is 0 Å². The monoisotopic (exact) mass is 218 g/mol. The molecule has 0 spiro atoms. The van der Waals surface area contributed by atoms with Crippen molar-refractivity contribution in [1.82, 2.24) is 5.32 Å². The molecule has 5 heteroatoms. The van der Waals surface area contributed by atoms with Gasteiger partial charge < -0.3 is 11.1 Å². The number of hydrogen-bond donors (Lipinski definition) is 2. The SMILES string of the molecule is CC1(NCC2(N)CC2)CCS(=O)(=O)C1. The average molecular weight is 218 g/mol. The summed E-state index contributed by atoms with van der Waals surface area (Å²) in [6.45, 7) is 2.72. The standard InChI is InChI=1S/C9H18N2O2S/c1-8(4-5-14(12,13)7-8)11-6-9(10)2-3-9/h11H,2-7,10H2,1H3. The molecule has 1 saturated carbocycles. The highest BCUT2D eigenvalue weighted by atomic mass is 32.2. The molecule has 3 N–H and O–H groups in total. The molecule has 2 aliphatic rings. The van der Waals surface area contributed by atoms with Gasteiger partial charge in [0.15, 0.2) is 9.84 Å². The summed E-state index contributed by atoms with van der Waals surface area (Å²) < 4.78 is 22.6. The molecule has 1 aliphatic heterocycles. The van der Waals surface area contributed by atoms with Crippen LogP contribution in [0.4, 0.5) is 0 Å². The van der Waals surface area contributed by atoms with Crippen molar-refractivity contribution in [2.24, 2.45) is 5.73 Å². The summed E-state index contributed by atoms with van der Waals surface area (Å²) in [5, 5.41) is 3.31. The van der Waals surface area contributed by atoms with Gasteiger partial charge in [-0.3, -0.25) is 0 Å². The lowest BCUT2D eigenvalue weighted by molar-refractivity contribution is 0.376. The summed E-state index contributed by atoms with van der Waals surface area (Å²) in [5.41, 5.74) is 5.65. The van der Waals surface area contributed by atoms with Crippen molar-refractivity contribution in [3.8, 4) is 0 Å². The molecule has 0 aromatic heterocycles. The fraction of sp³-hybridized carbons (Fsp3) is 1.00. The van der Waals surface area contributed by atoms with E-state index in [2.05, 4.69) is 5.32 Å². The van der Waals surface area contributed by atoms with Crippen LogP contribution >= 0.6 is 0 Å². The maximum Gasteiger partial charge on any atom is 0.152 e. The zero-order valence-electron chi connectivity index (χ0n) is 8.54. The molecule has 1 saturated heterocycles. The highest BCUT2D eigenvalue weighted by Gasteiger charge is 2.43. The van der Waals surface area contributed by atoms with Gasteiger partial charge in [-0.2, -0.15) is 0 Å². The lowest BCUT2D eigenvalue weighted by Crippen LogP contribution is -2.49. The number of rotatable bonds is 3.